The van der Waals surface area contributed by atoms with Gasteiger partial charge in [0.15, 0.2) is 5.96 Å². The highest BCUT2D eigenvalue weighted by molar-refractivity contribution is 7.89. The van der Waals surface area contributed by atoms with Crippen LogP contribution in [0.15, 0.2) is 34.2 Å². The Balaban J connectivity index is 1.95. The van der Waals surface area contributed by atoms with Gasteiger partial charge in [-0.05, 0) is 44.4 Å². The number of rotatable bonds is 6. The molecule has 1 aliphatic rings. The maximum Gasteiger partial charge on any atom is 0.243 e. The third kappa shape index (κ3) is 5.19. The van der Waals surface area contributed by atoms with E-state index in [1.54, 1.807) is 26.2 Å². The van der Waals surface area contributed by atoms with Crippen LogP contribution in [0.1, 0.15) is 45.1 Å². The molecule has 6 nitrogen and oxygen atoms in total. The number of guanidine groups is 1. The summed E-state index contributed by atoms with van der Waals surface area (Å²) in [5, 5.41) is 6.73. The lowest BCUT2D eigenvalue weighted by molar-refractivity contribution is 0.410. The first kappa shape index (κ1) is 19.7. The Hall–Kier alpha value is -1.60. The fourth-order valence-electron chi connectivity index (χ4n) is 2.87. The quantitative estimate of drug-likeness (QED) is 0.599. The fraction of sp³-hybridized carbons (Fsp3) is 0.611. The highest BCUT2D eigenvalue weighted by Gasteiger charge is 2.22. The van der Waals surface area contributed by atoms with Gasteiger partial charge in [0.05, 0.1) is 4.90 Å². The lowest BCUT2D eigenvalue weighted by Crippen LogP contribution is -2.41. The minimum Gasteiger partial charge on any atom is -0.354 e. The molecular formula is C18H30N4O2S. The highest BCUT2D eigenvalue weighted by Crippen LogP contribution is 2.18. The summed E-state index contributed by atoms with van der Waals surface area (Å²) in [5.41, 5.74) is 1.01. The van der Waals surface area contributed by atoms with Crippen molar-refractivity contribution in [1.82, 2.24) is 14.9 Å². The number of hydrogen-bond donors (Lipinski definition) is 2. The molecule has 0 atom stereocenters. The molecule has 7 heteroatoms. The average Bonchev–Trinajstić information content (AvgIpc) is 3.11. The molecular weight excluding hydrogens is 336 g/mol. The monoisotopic (exact) mass is 366 g/mol. The van der Waals surface area contributed by atoms with Crippen LogP contribution in [0.4, 0.5) is 0 Å². The van der Waals surface area contributed by atoms with Gasteiger partial charge in [0, 0.05) is 32.7 Å². The first-order valence-electron chi connectivity index (χ1n) is 8.88. The first-order chi connectivity index (χ1) is 11.8. The van der Waals surface area contributed by atoms with E-state index in [-0.39, 0.29) is 6.04 Å². The second kappa shape index (κ2) is 8.67. The summed E-state index contributed by atoms with van der Waals surface area (Å²) in [4.78, 5) is 4.58. The van der Waals surface area contributed by atoms with Gasteiger partial charge in [-0.15, -0.1) is 0 Å². The van der Waals surface area contributed by atoms with E-state index in [0.717, 1.165) is 11.5 Å². The smallest absolute Gasteiger partial charge is 0.243 e. The predicted molar refractivity (Wildman–Crippen MR) is 102 cm³/mol. The summed E-state index contributed by atoms with van der Waals surface area (Å²) in [6, 6.07) is 7.45. The van der Waals surface area contributed by atoms with E-state index in [2.05, 4.69) is 15.6 Å². The summed E-state index contributed by atoms with van der Waals surface area (Å²) in [6.45, 7) is 4.32. The maximum atomic E-state index is 12.5. The molecule has 0 heterocycles. The molecule has 0 amide bonds. The molecule has 0 unspecified atom stereocenters. The van der Waals surface area contributed by atoms with Crippen molar-refractivity contribution in [2.75, 3.05) is 14.1 Å². The summed E-state index contributed by atoms with van der Waals surface area (Å²) >= 11 is 0. The molecule has 2 N–H and O–H groups in total. The Labute approximate surface area is 151 Å². The Morgan fingerprint density at radius 3 is 2.36 bits per heavy atom. The number of sulfonamides is 1. The van der Waals surface area contributed by atoms with Crippen molar-refractivity contribution < 1.29 is 8.42 Å². The van der Waals surface area contributed by atoms with E-state index in [0.29, 0.717) is 17.5 Å². The molecule has 0 saturated heterocycles. The van der Waals surface area contributed by atoms with E-state index in [1.165, 1.54) is 30.0 Å². The van der Waals surface area contributed by atoms with Crippen molar-refractivity contribution in [1.29, 1.82) is 0 Å². The number of nitrogens with one attached hydrogen (secondary N) is 2. The number of hydrogen-bond acceptors (Lipinski definition) is 3. The summed E-state index contributed by atoms with van der Waals surface area (Å²) in [5.74, 6) is 0.795. The van der Waals surface area contributed by atoms with Gasteiger partial charge in [-0.2, -0.15) is 4.31 Å². The molecule has 25 heavy (non-hydrogen) atoms. The second-order valence-electron chi connectivity index (χ2n) is 6.81. The van der Waals surface area contributed by atoms with Crippen LogP contribution >= 0.6 is 0 Å². The van der Waals surface area contributed by atoms with Gasteiger partial charge < -0.3 is 10.6 Å². The molecule has 140 valence electrons. The molecule has 1 aromatic carbocycles. The number of aliphatic imine (C=N–C) groups is 1. The molecule has 0 spiro atoms. The van der Waals surface area contributed by atoms with E-state index in [1.807, 2.05) is 26.0 Å². The SMILES string of the molecule is CN=C(NCc1ccc(S(=O)(=O)N(C)C(C)C)cc1)NC1CCCC1. The van der Waals surface area contributed by atoms with Crippen LogP contribution in [0.25, 0.3) is 0 Å². The van der Waals surface area contributed by atoms with Crippen LogP contribution in [-0.2, 0) is 16.6 Å². The van der Waals surface area contributed by atoms with E-state index in [4.69, 9.17) is 0 Å². The van der Waals surface area contributed by atoms with Crippen molar-refractivity contribution in [3.8, 4) is 0 Å². The lowest BCUT2D eigenvalue weighted by atomic mass is 10.2. The summed E-state index contributed by atoms with van der Waals surface area (Å²) in [7, 11) is -0.0589. The number of nitrogens with zero attached hydrogens (tertiary/aromatic N) is 2. The van der Waals surface area contributed by atoms with Crippen molar-refractivity contribution in [3.05, 3.63) is 29.8 Å². The molecule has 1 aromatic rings. The Bertz CT molecular complexity index is 678. The largest absolute Gasteiger partial charge is 0.354 e. The van der Waals surface area contributed by atoms with E-state index < -0.39 is 10.0 Å². The normalized spacial score (nSPS) is 16.6. The molecule has 0 aliphatic heterocycles. The highest BCUT2D eigenvalue weighted by atomic mass is 32.2. The zero-order chi connectivity index (χ0) is 18.4. The van der Waals surface area contributed by atoms with Crippen molar-refractivity contribution in [2.45, 2.75) is 63.1 Å². The maximum absolute atomic E-state index is 12.5. The van der Waals surface area contributed by atoms with Gasteiger partial charge >= 0.3 is 0 Å². The molecule has 0 aromatic heterocycles. The average molecular weight is 367 g/mol. The zero-order valence-electron chi connectivity index (χ0n) is 15.6. The van der Waals surface area contributed by atoms with Gasteiger partial charge in [-0.25, -0.2) is 8.42 Å². The fourth-order valence-corrected chi connectivity index (χ4v) is 4.23. The van der Waals surface area contributed by atoms with Gasteiger partial charge in [0.1, 0.15) is 0 Å². The van der Waals surface area contributed by atoms with Crippen molar-refractivity contribution >= 4 is 16.0 Å². The van der Waals surface area contributed by atoms with Crippen molar-refractivity contribution in [2.24, 2.45) is 4.99 Å². The van der Waals surface area contributed by atoms with Crippen LogP contribution in [0, 0.1) is 0 Å². The Kier molecular flexibility index (Phi) is 6.84. The topological polar surface area (TPSA) is 73.8 Å². The van der Waals surface area contributed by atoms with Gasteiger partial charge in [0.25, 0.3) is 0 Å². The van der Waals surface area contributed by atoms with Crippen LogP contribution in [0.5, 0.6) is 0 Å². The molecule has 0 radical (unpaired) electrons. The van der Waals surface area contributed by atoms with Crippen LogP contribution in [0.3, 0.4) is 0 Å². The van der Waals surface area contributed by atoms with E-state index in [9.17, 15) is 8.42 Å². The third-order valence-corrected chi connectivity index (χ3v) is 6.75. The predicted octanol–water partition coefficient (Wildman–Crippen LogP) is 2.32. The standard InChI is InChI=1S/C18H30N4O2S/c1-14(2)22(4)25(23,24)17-11-9-15(10-12-17)13-20-18(19-3)21-16-7-5-6-8-16/h9-12,14,16H,5-8,13H2,1-4H3,(H2,19,20,21). The lowest BCUT2D eigenvalue weighted by Gasteiger charge is -2.21. The van der Waals surface area contributed by atoms with Crippen molar-refractivity contribution in [3.63, 3.8) is 0 Å². The summed E-state index contributed by atoms with van der Waals surface area (Å²) in [6.07, 6.45) is 4.93. The second-order valence-corrected chi connectivity index (χ2v) is 8.81. The minimum absolute atomic E-state index is 0.0728. The third-order valence-electron chi connectivity index (χ3n) is 4.71. The van der Waals surface area contributed by atoms with Crippen LogP contribution in [-0.4, -0.2) is 44.9 Å². The molecule has 1 aliphatic carbocycles. The zero-order valence-corrected chi connectivity index (χ0v) is 16.4. The molecule has 1 fully saturated rings. The van der Waals surface area contributed by atoms with Crippen LogP contribution in [0.2, 0.25) is 0 Å². The minimum atomic E-state index is -3.43. The van der Waals surface area contributed by atoms with E-state index >= 15 is 0 Å². The molecule has 1 saturated carbocycles. The number of benzene rings is 1. The Morgan fingerprint density at radius 2 is 1.84 bits per heavy atom. The Morgan fingerprint density at radius 1 is 1.24 bits per heavy atom. The van der Waals surface area contributed by atoms with Gasteiger partial charge in [-0.3, -0.25) is 4.99 Å². The van der Waals surface area contributed by atoms with Gasteiger partial charge in [-0.1, -0.05) is 25.0 Å². The molecule has 2 rings (SSSR count). The van der Waals surface area contributed by atoms with Gasteiger partial charge in [0.2, 0.25) is 10.0 Å². The summed E-state index contributed by atoms with van der Waals surface area (Å²) < 4.78 is 26.3. The molecule has 0 bridgehead atoms. The first-order valence-corrected chi connectivity index (χ1v) is 10.3. The van der Waals surface area contributed by atoms with Crippen LogP contribution < -0.4 is 10.6 Å².